The van der Waals surface area contributed by atoms with Crippen LogP contribution in [-0.4, -0.2) is 51.6 Å². The van der Waals surface area contributed by atoms with Gasteiger partial charge in [0, 0.05) is 17.6 Å². The zero-order chi connectivity index (χ0) is 17.1. The fourth-order valence-corrected chi connectivity index (χ4v) is 3.91. The number of piperidine rings is 1. The Balaban J connectivity index is 1.87. The Morgan fingerprint density at radius 1 is 1.13 bits per heavy atom. The van der Waals surface area contributed by atoms with Crippen LogP contribution >= 0.6 is 0 Å². The minimum atomic E-state index is -0.535. The highest BCUT2D eigenvalue weighted by Gasteiger charge is 2.45. The van der Waals surface area contributed by atoms with Crippen molar-refractivity contribution in [1.82, 2.24) is 4.90 Å². The van der Waals surface area contributed by atoms with Crippen LogP contribution in [0.25, 0.3) is 0 Å². The SMILES string of the molecule is CC1(C)CC(O)CC(C)(C)N1C[C@H](O)COCc1ccccc1. The van der Waals surface area contributed by atoms with Crippen molar-refractivity contribution in [2.75, 3.05) is 13.2 Å². The van der Waals surface area contributed by atoms with Crippen molar-refractivity contribution < 1.29 is 14.9 Å². The zero-order valence-corrected chi connectivity index (χ0v) is 14.8. The van der Waals surface area contributed by atoms with Gasteiger partial charge in [-0.05, 0) is 46.1 Å². The molecule has 1 fully saturated rings. The van der Waals surface area contributed by atoms with Gasteiger partial charge in [-0.25, -0.2) is 0 Å². The van der Waals surface area contributed by atoms with Crippen molar-refractivity contribution in [3.63, 3.8) is 0 Å². The predicted octanol–water partition coefficient (Wildman–Crippen LogP) is 2.58. The smallest absolute Gasteiger partial charge is 0.0900 e. The topological polar surface area (TPSA) is 52.9 Å². The molecule has 0 aliphatic carbocycles. The summed E-state index contributed by atoms with van der Waals surface area (Å²) in [5, 5.41) is 20.5. The van der Waals surface area contributed by atoms with Crippen LogP contribution in [0.3, 0.4) is 0 Å². The van der Waals surface area contributed by atoms with E-state index in [9.17, 15) is 10.2 Å². The molecule has 1 aromatic carbocycles. The molecule has 1 saturated heterocycles. The van der Waals surface area contributed by atoms with Crippen LogP contribution in [0.15, 0.2) is 30.3 Å². The number of nitrogens with zero attached hydrogens (tertiary/aromatic N) is 1. The lowest BCUT2D eigenvalue weighted by Gasteiger charge is -2.55. The van der Waals surface area contributed by atoms with Crippen molar-refractivity contribution in [3.8, 4) is 0 Å². The summed E-state index contributed by atoms with van der Waals surface area (Å²) in [5.74, 6) is 0. The molecule has 23 heavy (non-hydrogen) atoms. The van der Waals surface area contributed by atoms with E-state index in [1.54, 1.807) is 0 Å². The summed E-state index contributed by atoms with van der Waals surface area (Å²) in [6, 6.07) is 9.99. The van der Waals surface area contributed by atoms with E-state index < -0.39 is 6.10 Å². The molecule has 130 valence electrons. The van der Waals surface area contributed by atoms with E-state index in [4.69, 9.17) is 4.74 Å². The monoisotopic (exact) mass is 321 g/mol. The zero-order valence-electron chi connectivity index (χ0n) is 14.8. The third kappa shape index (κ3) is 5.01. The van der Waals surface area contributed by atoms with Crippen molar-refractivity contribution in [2.24, 2.45) is 0 Å². The molecule has 1 heterocycles. The summed E-state index contributed by atoms with van der Waals surface area (Å²) in [7, 11) is 0. The Morgan fingerprint density at radius 3 is 2.26 bits per heavy atom. The van der Waals surface area contributed by atoms with Gasteiger partial charge < -0.3 is 14.9 Å². The number of aliphatic hydroxyl groups is 2. The molecule has 1 aliphatic heterocycles. The van der Waals surface area contributed by atoms with E-state index in [0.717, 1.165) is 18.4 Å². The second-order valence-corrected chi connectivity index (χ2v) is 7.95. The first-order chi connectivity index (χ1) is 10.7. The number of ether oxygens (including phenoxy) is 1. The molecule has 2 rings (SSSR count). The Bertz CT molecular complexity index is 469. The maximum Gasteiger partial charge on any atom is 0.0900 e. The highest BCUT2D eigenvalue weighted by molar-refractivity contribution is 5.13. The van der Waals surface area contributed by atoms with E-state index >= 15 is 0 Å². The molecule has 0 aromatic heterocycles. The first-order valence-corrected chi connectivity index (χ1v) is 8.46. The van der Waals surface area contributed by atoms with Gasteiger partial charge in [-0.3, -0.25) is 4.90 Å². The standard InChI is InChI=1S/C19H31NO3/c1-18(2)10-16(21)11-19(3,4)20(18)12-17(22)14-23-13-15-8-6-5-7-9-15/h5-9,16-17,21-22H,10-14H2,1-4H3/t17-/m0/s1. The largest absolute Gasteiger partial charge is 0.393 e. The molecule has 0 radical (unpaired) electrons. The van der Waals surface area contributed by atoms with Crippen molar-refractivity contribution >= 4 is 0 Å². The van der Waals surface area contributed by atoms with E-state index in [0.29, 0.717) is 19.8 Å². The molecule has 0 amide bonds. The number of rotatable bonds is 6. The molecule has 4 heteroatoms. The van der Waals surface area contributed by atoms with Gasteiger partial charge in [0.1, 0.15) is 0 Å². The highest BCUT2D eigenvalue weighted by atomic mass is 16.5. The van der Waals surface area contributed by atoms with Crippen LogP contribution in [0.2, 0.25) is 0 Å². The van der Waals surface area contributed by atoms with Crippen LogP contribution in [-0.2, 0) is 11.3 Å². The number of β-amino-alcohol motifs (C(OH)–C–C–N with tert-alkyl or cyclic N) is 1. The average Bonchev–Trinajstić information content (AvgIpc) is 2.43. The van der Waals surface area contributed by atoms with Crippen LogP contribution in [0.5, 0.6) is 0 Å². The van der Waals surface area contributed by atoms with E-state index in [-0.39, 0.29) is 17.2 Å². The predicted molar refractivity (Wildman–Crippen MR) is 92.2 cm³/mol. The first kappa shape index (κ1) is 18.4. The molecule has 2 N–H and O–H groups in total. The van der Waals surface area contributed by atoms with Gasteiger partial charge in [-0.15, -0.1) is 0 Å². The van der Waals surface area contributed by atoms with Crippen molar-refractivity contribution in [1.29, 1.82) is 0 Å². The number of hydrogen-bond donors (Lipinski definition) is 2. The van der Waals surface area contributed by atoms with Crippen LogP contribution < -0.4 is 0 Å². The fraction of sp³-hybridized carbons (Fsp3) is 0.684. The molecular formula is C19H31NO3. The number of benzene rings is 1. The van der Waals surface area contributed by atoms with Gasteiger partial charge in [-0.1, -0.05) is 30.3 Å². The van der Waals surface area contributed by atoms with Gasteiger partial charge in [0.05, 0.1) is 25.4 Å². The summed E-state index contributed by atoms with van der Waals surface area (Å²) in [6.45, 7) is 9.93. The summed E-state index contributed by atoms with van der Waals surface area (Å²) in [6.07, 6.45) is 0.650. The summed E-state index contributed by atoms with van der Waals surface area (Å²) in [5.41, 5.74) is 0.838. The molecule has 0 bridgehead atoms. The minimum Gasteiger partial charge on any atom is -0.393 e. The lowest BCUT2D eigenvalue weighted by Crippen LogP contribution is -2.63. The number of aliphatic hydroxyl groups excluding tert-OH is 2. The molecule has 0 unspecified atom stereocenters. The Kier molecular flexibility index (Phi) is 5.84. The lowest BCUT2D eigenvalue weighted by atomic mass is 9.78. The highest BCUT2D eigenvalue weighted by Crippen LogP contribution is 2.38. The second-order valence-electron chi connectivity index (χ2n) is 7.95. The second kappa shape index (κ2) is 7.31. The Morgan fingerprint density at radius 2 is 1.70 bits per heavy atom. The van der Waals surface area contributed by atoms with Crippen molar-refractivity contribution in [2.45, 2.75) is 70.4 Å². The Hall–Kier alpha value is -0.940. The maximum atomic E-state index is 10.4. The van der Waals surface area contributed by atoms with Crippen molar-refractivity contribution in [3.05, 3.63) is 35.9 Å². The summed E-state index contributed by atoms with van der Waals surface area (Å²) in [4.78, 5) is 2.31. The Labute approximate surface area is 140 Å². The molecule has 1 aliphatic rings. The lowest BCUT2D eigenvalue weighted by molar-refractivity contribution is -0.105. The average molecular weight is 321 g/mol. The molecule has 1 atom stereocenters. The van der Waals surface area contributed by atoms with Gasteiger partial charge in [0.2, 0.25) is 0 Å². The maximum absolute atomic E-state index is 10.4. The van der Waals surface area contributed by atoms with Crippen LogP contribution in [0.4, 0.5) is 0 Å². The third-order valence-electron chi connectivity index (χ3n) is 4.75. The van der Waals surface area contributed by atoms with E-state index in [2.05, 4.69) is 32.6 Å². The molecule has 0 saturated carbocycles. The van der Waals surface area contributed by atoms with Crippen LogP contribution in [0.1, 0.15) is 46.1 Å². The fourth-order valence-electron chi connectivity index (χ4n) is 3.91. The third-order valence-corrected chi connectivity index (χ3v) is 4.75. The summed E-state index contributed by atoms with van der Waals surface area (Å²) >= 11 is 0. The van der Waals surface area contributed by atoms with Gasteiger partial charge in [0.25, 0.3) is 0 Å². The minimum absolute atomic E-state index is 0.137. The quantitative estimate of drug-likeness (QED) is 0.845. The van der Waals surface area contributed by atoms with Gasteiger partial charge >= 0.3 is 0 Å². The first-order valence-electron chi connectivity index (χ1n) is 8.46. The van der Waals surface area contributed by atoms with E-state index in [1.807, 2.05) is 30.3 Å². The molecule has 0 spiro atoms. The van der Waals surface area contributed by atoms with Gasteiger partial charge in [0.15, 0.2) is 0 Å². The number of likely N-dealkylation sites (tertiary alicyclic amines) is 1. The van der Waals surface area contributed by atoms with Crippen LogP contribution in [0, 0.1) is 0 Å². The number of hydrogen-bond acceptors (Lipinski definition) is 4. The van der Waals surface area contributed by atoms with E-state index in [1.165, 1.54) is 0 Å². The van der Waals surface area contributed by atoms with Gasteiger partial charge in [-0.2, -0.15) is 0 Å². The summed E-state index contributed by atoms with van der Waals surface area (Å²) < 4.78 is 5.65. The molecule has 4 nitrogen and oxygen atoms in total. The normalized spacial score (nSPS) is 22.9. The molecular weight excluding hydrogens is 290 g/mol. The molecule has 1 aromatic rings.